The van der Waals surface area contributed by atoms with Crippen LogP contribution in [0.2, 0.25) is 0 Å². The van der Waals surface area contributed by atoms with Gasteiger partial charge in [-0.1, -0.05) is 19.8 Å². The normalized spacial score (nSPS) is 28.0. The predicted molar refractivity (Wildman–Crippen MR) is 81.9 cm³/mol. The number of hydrogen-bond acceptors (Lipinski definition) is 0. The van der Waals surface area contributed by atoms with Gasteiger partial charge in [0.1, 0.15) is 0 Å². The van der Waals surface area contributed by atoms with Crippen molar-refractivity contribution in [2.45, 2.75) is 64.2 Å². The molecule has 121 valence electrons. The molecule has 0 bridgehead atoms. The Hall–Kier alpha value is -0.990. The van der Waals surface area contributed by atoms with Gasteiger partial charge in [0.2, 0.25) is 0 Å². The lowest BCUT2D eigenvalue weighted by Crippen LogP contribution is -2.23. The zero-order valence-corrected chi connectivity index (χ0v) is 13.2. The Kier molecular flexibility index (Phi) is 4.79. The summed E-state index contributed by atoms with van der Waals surface area (Å²) in [7, 11) is 0. The average Bonchev–Trinajstić information content (AvgIpc) is 2.53. The third kappa shape index (κ3) is 3.33. The summed E-state index contributed by atoms with van der Waals surface area (Å²) in [4.78, 5) is 0. The molecule has 0 aromatic heterocycles. The molecule has 1 radical (unpaired) electrons. The highest BCUT2D eigenvalue weighted by Gasteiger charge is 2.31. The molecule has 22 heavy (non-hydrogen) atoms. The van der Waals surface area contributed by atoms with Gasteiger partial charge < -0.3 is 0 Å². The van der Waals surface area contributed by atoms with Gasteiger partial charge in [-0.3, -0.25) is 0 Å². The van der Waals surface area contributed by atoms with Crippen molar-refractivity contribution in [1.82, 2.24) is 0 Å². The van der Waals surface area contributed by atoms with Gasteiger partial charge in [0.25, 0.3) is 0 Å². The highest BCUT2D eigenvalue weighted by Crippen LogP contribution is 2.45. The monoisotopic (exact) mass is 309 g/mol. The van der Waals surface area contributed by atoms with Crippen LogP contribution in [0.5, 0.6) is 0 Å². The third-order valence-corrected chi connectivity index (χ3v) is 5.70. The lowest BCUT2D eigenvalue weighted by atomic mass is 9.68. The van der Waals surface area contributed by atoms with E-state index in [9.17, 15) is 13.2 Å². The summed E-state index contributed by atoms with van der Waals surface area (Å²) in [6.07, 6.45) is 9.26. The van der Waals surface area contributed by atoms with Crippen LogP contribution < -0.4 is 0 Å². The molecule has 2 saturated carbocycles. The summed E-state index contributed by atoms with van der Waals surface area (Å²) < 4.78 is 39.8. The Balaban J connectivity index is 1.60. The third-order valence-electron chi connectivity index (χ3n) is 5.70. The Bertz CT molecular complexity index is 486. The summed E-state index contributed by atoms with van der Waals surface area (Å²) in [5.74, 6) is -0.0500. The molecule has 0 unspecified atom stereocenters. The summed E-state index contributed by atoms with van der Waals surface area (Å²) >= 11 is 0. The van der Waals surface area contributed by atoms with E-state index < -0.39 is 17.5 Å². The summed E-state index contributed by atoms with van der Waals surface area (Å²) in [5, 5.41) is 0. The van der Waals surface area contributed by atoms with Crippen LogP contribution in [-0.4, -0.2) is 0 Å². The minimum absolute atomic E-state index is 0.170. The highest BCUT2D eigenvalue weighted by atomic mass is 19.2. The van der Waals surface area contributed by atoms with Crippen LogP contribution >= 0.6 is 0 Å². The van der Waals surface area contributed by atoms with Gasteiger partial charge in [0.15, 0.2) is 17.5 Å². The van der Waals surface area contributed by atoms with E-state index in [1.165, 1.54) is 37.8 Å². The van der Waals surface area contributed by atoms with Crippen molar-refractivity contribution in [1.29, 1.82) is 0 Å². The van der Waals surface area contributed by atoms with Gasteiger partial charge in [0, 0.05) is 0 Å². The van der Waals surface area contributed by atoms with Crippen molar-refractivity contribution < 1.29 is 13.2 Å². The molecule has 0 saturated heterocycles. The van der Waals surface area contributed by atoms with E-state index in [0.29, 0.717) is 11.5 Å². The van der Waals surface area contributed by atoms with Crippen molar-refractivity contribution in [3.05, 3.63) is 41.1 Å². The van der Waals surface area contributed by atoms with Gasteiger partial charge >= 0.3 is 0 Å². The number of rotatable bonds is 2. The summed E-state index contributed by atoms with van der Waals surface area (Å²) in [6, 6.07) is 2.36. The largest absolute Gasteiger partial charge is 0.204 e. The maximum atomic E-state index is 13.4. The van der Waals surface area contributed by atoms with Crippen LogP contribution in [0.1, 0.15) is 69.8 Å². The standard InChI is InChI=1S/C19H24F3/c1-12-2-4-13(5-3-12)14-6-8-15(9-7-14)16-10-17(20)19(22)18(21)11-16/h10-12,14-15H,2-9H2,1H3. The molecule has 3 rings (SSSR count). The summed E-state index contributed by atoms with van der Waals surface area (Å²) in [5.41, 5.74) is 0.622. The molecule has 2 fully saturated rings. The minimum Gasteiger partial charge on any atom is -0.204 e. The van der Waals surface area contributed by atoms with Crippen LogP contribution in [0.3, 0.4) is 0 Å². The molecular weight excluding hydrogens is 285 g/mol. The Morgan fingerprint density at radius 1 is 0.773 bits per heavy atom. The Morgan fingerprint density at radius 2 is 1.27 bits per heavy atom. The molecule has 3 heteroatoms. The highest BCUT2D eigenvalue weighted by molar-refractivity contribution is 5.24. The second-order valence-electron chi connectivity index (χ2n) is 7.19. The maximum absolute atomic E-state index is 13.4. The Morgan fingerprint density at radius 3 is 1.82 bits per heavy atom. The molecule has 0 spiro atoms. The number of halogens is 3. The zero-order chi connectivity index (χ0) is 15.7. The molecular formula is C19H24F3. The fraction of sp³-hybridized carbons (Fsp3) is 0.632. The van der Waals surface area contributed by atoms with E-state index in [0.717, 1.165) is 31.6 Å². The lowest BCUT2D eigenvalue weighted by molar-refractivity contribution is 0.278. The van der Waals surface area contributed by atoms with Crippen molar-refractivity contribution in [3.8, 4) is 0 Å². The van der Waals surface area contributed by atoms with E-state index in [2.05, 4.69) is 6.92 Å². The van der Waals surface area contributed by atoms with Crippen LogP contribution in [-0.2, 0) is 0 Å². The van der Waals surface area contributed by atoms with Gasteiger partial charge in [0.05, 0.1) is 0 Å². The SMILES string of the molecule is CC1CC[C](C2CCC(c3cc(F)c(F)c(F)c3)CC2)CC1. The minimum atomic E-state index is -1.36. The zero-order valence-electron chi connectivity index (χ0n) is 13.2. The molecule has 2 aliphatic rings. The molecule has 0 nitrogen and oxygen atoms in total. The summed E-state index contributed by atoms with van der Waals surface area (Å²) in [6.45, 7) is 2.32. The van der Waals surface area contributed by atoms with Crippen LogP contribution in [0.4, 0.5) is 13.2 Å². The first kappa shape index (κ1) is 15.9. The molecule has 0 aliphatic heterocycles. The second kappa shape index (κ2) is 6.64. The van der Waals surface area contributed by atoms with E-state index in [4.69, 9.17) is 0 Å². The first-order valence-electron chi connectivity index (χ1n) is 8.53. The van der Waals surface area contributed by atoms with Crippen molar-refractivity contribution >= 4 is 0 Å². The van der Waals surface area contributed by atoms with E-state index >= 15 is 0 Å². The fourth-order valence-electron chi connectivity index (χ4n) is 4.19. The van der Waals surface area contributed by atoms with E-state index in [1.807, 2.05) is 0 Å². The van der Waals surface area contributed by atoms with Gasteiger partial charge in [-0.25, -0.2) is 13.2 Å². The number of benzene rings is 1. The Labute approximate surface area is 131 Å². The molecule has 1 aromatic carbocycles. The molecule has 2 aliphatic carbocycles. The number of hydrogen-bond donors (Lipinski definition) is 0. The quantitative estimate of drug-likeness (QED) is 0.574. The molecule has 0 N–H and O–H groups in total. The van der Waals surface area contributed by atoms with E-state index in [-0.39, 0.29) is 5.92 Å². The first-order chi connectivity index (χ1) is 10.5. The molecule has 0 amide bonds. The molecule has 1 aromatic rings. The van der Waals surface area contributed by atoms with Crippen LogP contribution in [0, 0.1) is 35.2 Å². The van der Waals surface area contributed by atoms with Crippen LogP contribution in [0.15, 0.2) is 12.1 Å². The lowest BCUT2D eigenvalue weighted by Gasteiger charge is -2.37. The fourth-order valence-corrected chi connectivity index (χ4v) is 4.19. The van der Waals surface area contributed by atoms with Crippen molar-refractivity contribution in [2.24, 2.45) is 11.8 Å². The van der Waals surface area contributed by atoms with Gasteiger partial charge in [-0.2, -0.15) is 0 Å². The smallest absolute Gasteiger partial charge is 0.194 e. The molecule has 0 atom stereocenters. The van der Waals surface area contributed by atoms with Gasteiger partial charge in [-0.15, -0.1) is 0 Å². The van der Waals surface area contributed by atoms with Crippen LogP contribution in [0.25, 0.3) is 0 Å². The molecule has 0 heterocycles. The topological polar surface area (TPSA) is 0 Å². The maximum Gasteiger partial charge on any atom is 0.194 e. The first-order valence-corrected chi connectivity index (χ1v) is 8.53. The van der Waals surface area contributed by atoms with E-state index in [1.54, 1.807) is 5.92 Å². The second-order valence-corrected chi connectivity index (χ2v) is 7.19. The average molecular weight is 309 g/mol. The van der Waals surface area contributed by atoms with Crippen molar-refractivity contribution in [3.63, 3.8) is 0 Å². The van der Waals surface area contributed by atoms with Crippen molar-refractivity contribution in [2.75, 3.05) is 0 Å². The van der Waals surface area contributed by atoms with Gasteiger partial charge in [-0.05, 0) is 79.9 Å². The predicted octanol–water partition coefficient (Wildman–Crippen LogP) is 6.16.